The van der Waals surface area contributed by atoms with Crippen molar-refractivity contribution in [3.63, 3.8) is 0 Å². The lowest BCUT2D eigenvalue weighted by Crippen LogP contribution is -2.23. The first-order chi connectivity index (χ1) is 9.31. The van der Waals surface area contributed by atoms with Crippen LogP contribution in [0.3, 0.4) is 0 Å². The van der Waals surface area contributed by atoms with E-state index in [1.807, 2.05) is 0 Å². The van der Waals surface area contributed by atoms with Crippen LogP contribution in [0, 0.1) is 5.92 Å². The Kier molecular flexibility index (Phi) is 5.57. The maximum absolute atomic E-state index is 11.9. The Morgan fingerprint density at radius 2 is 1.60 bits per heavy atom. The molecule has 0 saturated heterocycles. The van der Waals surface area contributed by atoms with Crippen molar-refractivity contribution >= 4 is 28.5 Å². The molecule has 20 heavy (non-hydrogen) atoms. The van der Waals surface area contributed by atoms with E-state index in [1.54, 1.807) is 0 Å². The molecular formula is C13H14O6S. The van der Waals surface area contributed by atoms with Gasteiger partial charge in [0.25, 0.3) is 0 Å². The third kappa shape index (κ3) is 4.58. The van der Waals surface area contributed by atoms with E-state index < -0.39 is 34.4 Å². The molecule has 0 aliphatic rings. The summed E-state index contributed by atoms with van der Waals surface area (Å²) in [7, 11) is -1.31. The van der Waals surface area contributed by atoms with Gasteiger partial charge >= 0.3 is 11.9 Å². The molecule has 0 saturated carbocycles. The van der Waals surface area contributed by atoms with Crippen LogP contribution in [0.2, 0.25) is 0 Å². The molecule has 1 unspecified atom stereocenters. The lowest BCUT2D eigenvalue weighted by molar-refractivity contribution is -0.140. The van der Waals surface area contributed by atoms with Gasteiger partial charge < -0.3 is 10.2 Å². The van der Waals surface area contributed by atoms with Gasteiger partial charge in [-0.25, -0.2) is 4.79 Å². The highest BCUT2D eigenvalue weighted by molar-refractivity contribution is 7.84. The lowest BCUT2D eigenvalue weighted by Gasteiger charge is -2.09. The highest BCUT2D eigenvalue weighted by atomic mass is 32.2. The summed E-state index contributed by atoms with van der Waals surface area (Å²) in [4.78, 5) is 33.6. The fourth-order valence-electron chi connectivity index (χ4n) is 1.64. The number of Topliss-reactive ketones (excluding diaryl/α,β-unsaturated/α-hetero) is 1. The van der Waals surface area contributed by atoms with Crippen LogP contribution in [0.15, 0.2) is 24.3 Å². The van der Waals surface area contributed by atoms with E-state index in [2.05, 4.69) is 0 Å². The minimum absolute atomic E-state index is 0.0472. The zero-order valence-corrected chi connectivity index (χ0v) is 11.6. The van der Waals surface area contributed by atoms with Gasteiger partial charge in [-0.05, 0) is 12.1 Å². The number of rotatable bonds is 7. The van der Waals surface area contributed by atoms with E-state index in [9.17, 15) is 18.6 Å². The molecule has 6 nitrogen and oxygen atoms in total. The Hall–Kier alpha value is -2.02. The van der Waals surface area contributed by atoms with Crippen LogP contribution in [-0.2, 0) is 15.6 Å². The van der Waals surface area contributed by atoms with E-state index >= 15 is 0 Å². The molecule has 0 spiro atoms. The highest BCUT2D eigenvalue weighted by Gasteiger charge is 2.23. The topological polar surface area (TPSA) is 109 Å². The van der Waals surface area contributed by atoms with E-state index in [-0.39, 0.29) is 23.3 Å². The second-order valence-electron chi connectivity index (χ2n) is 4.28. The van der Waals surface area contributed by atoms with E-state index in [4.69, 9.17) is 10.2 Å². The van der Waals surface area contributed by atoms with Gasteiger partial charge in [-0.1, -0.05) is 12.1 Å². The first-order valence-corrected chi connectivity index (χ1v) is 7.43. The number of hydrogen-bond acceptors (Lipinski definition) is 4. The van der Waals surface area contributed by atoms with Crippen LogP contribution in [0.1, 0.15) is 27.1 Å². The average molecular weight is 298 g/mol. The summed E-state index contributed by atoms with van der Waals surface area (Å²) in [5, 5.41) is 17.7. The Morgan fingerprint density at radius 3 is 2.00 bits per heavy atom. The maximum Gasteiger partial charge on any atom is 0.335 e. The van der Waals surface area contributed by atoms with Gasteiger partial charge in [0, 0.05) is 34.8 Å². The number of aromatic carboxylic acids is 1. The molecule has 7 heteroatoms. The fraction of sp³-hybridized carbons (Fsp3) is 0.308. The van der Waals surface area contributed by atoms with Crippen LogP contribution >= 0.6 is 0 Å². The zero-order chi connectivity index (χ0) is 15.3. The standard InChI is InChI=1S/C13H14O6S/c1-20(19)7-10(13(17)18)6-11(14)8-2-4-9(5-3-8)12(15)16/h2-5,10H,6-7H2,1H3,(H,15,16)(H,17,18)/t10-,20?/m0/s1. The maximum atomic E-state index is 11.9. The molecule has 1 aromatic carbocycles. The number of ketones is 1. The van der Waals surface area contributed by atoms with Crippen LogP contribution in [0.25, 0.3) is 0 Å². The molecule has 0 radical (unpaired) electrons. The van der Waals surface area contributed by atoms with Gasteiger partial charge in [0.1, 0.15) is 0 Å². The largest absolute Gasteiger partial charge is 0.481 e. The Balaban J connectivity index is 2.80. The summed E-state index contributed by atoms with van der Waals surface area (Å²) in [5.41, 5.74) is 0.286. The molecule has 1 aromatic rings. The predicted octanol–water partition coefficient (Wildman–Crippen LogP) is 1.04. The number of carboxylic acid groups (broad SMARTS) is 2. The smallest absolute Gasteiger partial charge is 0.335 e. The summed E-state index contributed by atoms with van der Waals surface area (Å²) < 4.78 is 11.1. The number of aliphatic carboxylic acids is 1. The minimum Gasteiger partial charge on any atom is -0.481 e. The predicted molar refractivity (Wildman–Crippen MR) is 72.4 cm³/mol. The third-order valence-corrected chi connectivity index (χ3v) is 3.54. The van der Waals surface area contributed by atoms with E-state index in [0.29, 0.717) is 0 Å². The van der Waals surface area contributed by atoms with Crippen molar-refractivity contribution in [2.75, 3.05) is 12.0 Å². The minimum atomic E-state index is -1.31. The first kappa shape index (κ1) is 16.0. The normalized spacial score (nSPS) is 13.4. The Bertz CT molecular complexity index is 548. The summed E-state index contributed by atoms with van der Waals surface area (Å²) in [6.45, 7) is 0. The van der Waals surface area contributed by atoms with E-state index in [0.717, 1.165) is 0 Å². The second kappa shape index (κ2) is 6.95. The number of carboxylic acids is 2. The summed E-state index contributed by atoms with van der Waals surface area (Å²) in [6.07, 6.45) is 1.11. The number of benzene rings is 1. The van der Waals surface area contributed by atoms with Crippen molar-refractivity contribution in [3.05, 3.63) is 35.4 Å². The van der Waals surface area contributed by atoms with Crippen molar-refractivity contribution < 1.29 is 28.8 Å². The summed E-state index contributed by atoms with van der Waals surface area (Å²) >= 11 is 0. The van der Waals surface area contributed by atoms with Gasteiger partial charge in [-0.3, -0.25) is 13.8 Å². The molecule has 0 aliphatic heterocycles. The second-order valence-corrected chi connectivity index (χ2v) is 5.76. The zero-order valence-electron chi connectivity index (χ0n) is 10.7. The number of carbonyl (C=O) groups excluding carboxylic acids is 1. The molecule has 0 aliphatic carbocycles. The van der Waals surface area contributed by atoms with Crippen molar-refractivity contribution in [2.24, 2.45) is 5.92 Å². The van der Waals surface area contributed by atoms with Crippen molar-refractivity contribution in [1.29, 1.82) is 0 Å². The van der Waals surface area contributed by atoms with Crippen LogP contribution in [0.5, 0.6) is 0 Å². The Morgan fingerprint density at radius 1 is 1.10 bits per heavy atom. The molecule has 0 fully saturated rings. The van der Waals surface area contributed by atoms with Crippen molar-refractivity contribution in [3.8, 4) is 0 Å². The molecule has 0 bridgehead atoms. The summed E-state index contributed by atoms with van der Waals surface area (Å²) in [6, 6.07) is 5.24. The van der Waals surface area contributed by atoms with Gasteiger partial charge in [-0.2, -0.15) is 0 Å². The van der Waals surface area contributed by atoms with Crippen molar-refractivity contribution in [1.82, 2.24) is 0 Å². The molecule has 1 rings (SSSR count). The van der Waals surface area contributed by atoms with Gasteiger partial charge in [-0.15, -0.1) is 0 Å². The quantitative estimate of drug-likeness (QED) is 0.728. The van der Waals surface area contributed by atoms with Gasteiger partial charge in [0.05, 0.1) is 11.5 Å². The first-order valence-electron chi connectivity index (χ1n) is 5.70. The van der Waals surface area contributed by atoms with Crippen LogP contribution in [-0.4, -0.2) is 44.2 Å². The van der Waals surface area contributed by atoms with Crippen LogP contribution < -0.4 is 0 Å². The molecule has 0 heterocycles. The van der Waals surface area contributed by atoms with Gasteiger partial charge in [0.15, 0.2) is 5.78 Å². The number of hydrogen-bond donors (Lipinski definition) is 2. The number of carbonyl (C=O) groups is 3. The van der Waals surface area contributed by atoms with Gasteiger partial charge in [0.2, 0.25) is 0 Å². The molecule has 0 aromatic heterocycles. The van der Waals surface area contributed by atoms with Crippen LogP contribution in [0.4, 0.5) is 0 Å². The molecule has 108 valence electrons. The SMILES string of the molecule is CS(=O)C[C@H](CC(=O)c1ccc(C(=O)O)cc1)C(=O)O. The highest BCUT2D eigenvalue weighted by Crippen LogP contribution is 2.13. The van der Waals surface area contributed by atoms with E-state index in [1.165, 1.54) is 30.5 Å². The van der Waals surface area contributed by atoms with Crippen molar-refractivity contribution in [2.45, 2.75) is 6.42 Å². The lowest BCUT2D eigenvalue weighted by atomic mass is 9.99. The fourth-order valence-corrected chi connectivity index (χ4v) is 2.47. The molecule has 2 atom stereocenters. The molecular weight excluding hydrogens is 284 g/mol. The average Bonchev–Trinajstić information content (AvgIpc) is 2.37. The summed E-state index contributed by atoms with van der Waals surface area (Å²) in [5.74, 6) is -3.79. The third-order valence-electron chi connectivity index (χ3n) is 2.67. The Labute approximate surface area is 117 Å². The molecule has 2 N–H and O–H groups in total. The monoisotopic (exact) mass is 298 g/mol. The molecule has 0 amide bonds.